The molecule has 2 aliphatic rings. The molecule has 5 rings (SSSR count). The Balaban J connectivity index is 0.000000212. The zero-order chi connectivity index (χ0) is 23.6. The molecule has 1 atom stereocenters. The van der Waals surface area contributed by atoms with Crippen molar-refractivity contribution in [2.24, 2.45) is 5.92 Å². The molecule has 0 spiro atoms. The number of rotatable bonds is 1. The molecule has 4 heteroatoms. The molecule has 0 aliphatic heterocycles. The van der Waals surface area contributed by atoms with Crippen molar-refractivity contribution in [3.05, 3.63) is 77.2 Å². The Bertz CT molecular complexity index is 1190. The molecule has 181 valence electrons. The van der Waals surface area contributed by atoms with Crippen molar-refractivity contribution in [3.8, 4) is 11.3 Å². The number of allylic oxidation sites excluding steroid dienone is 2. The van der Waals surface area contributed by atoms with E-state index in [0.717, 1.165) is 48.9 Å². The number of hydrogen-bond donors (Lipinski definition) is 1. The van der Waals surface area contributed by atoms with Crippen molar-refractivity contribution in [3.63, 3.8) is 0 Å². The Hall–Kier alpha value is -2.29. The van der Waals surface area contributed by atoms with E-state index < -0.39 is 0 Å². The van der Waals surface area contributed by atoms with Crippen LogP contribution in [-0.4, -0.2) is 15.9 Å². The fourth-order valence-electron chi connectivity index (χ4n) is 4.95. The normalized spacial score (nSPS) is 18.0. The van der Waals surface area contributed by atoms with Crippen molar-refractivity contribution >= 4 is 16.6 Å². The first kappa shape index (κ1) is 26.3. The first-order chi connectivity index (χ1) is 15.8. The zero-order valence-electron chi connectivity index (χ0n) is 20.6. The van der Waals surface area contributed by atoms with Crippen molar-refractivity contribution < 1.29 is 30.0 Å². The summed E-state index contributed by atoms with van der Waals surface area (Å²) in [6.07, 6.45) is 7.60. The van der Waals surface area contributed by atoms with Gasteiger partial charge in [0.25, 0.3) is 0 Å². The van der Waals surface area contributed by atoms with E-state index >= 15 is 0 Å². The zero-order valence-corrected chi connectivity index (χ0v) is 23.0. The summed E-state index contributed by atoms with van der Waals surface area (Å²) < 4.78 is 0. The van der Waals surface area contributed by atoms with Crippen LogP contribution in [0.4, 0.5) is 0 Å². The van der Waals surface area contributed by atoms with Crippen molar-refractivity contribution in [1.29, 1.82) is 0 Å². The van der Waals surface area contributed by atoms with Crippen LogP contribution in [0, 0.1) is 18.9 Å². The van der Waals surface area contributed by atoms with Crippen LogP contribution in [0.1, 0.15) is 70.4 Å². The van der Waals surface area contributed by atoms with E-state index in [-0.39, 0.29) is 31.3 Å². The van der Waals surface area contributed by atoms with Crippen LogP contribution in [-0.2, 0) is 30.3 Å². The maximum Gasteiger partial charge on any atom is 0.162 e. The second-order valence-electron chi connectivity index (χ2n) is 10.3. The molecule has 3 aromatic rings. The maximum absolute atomic E-state index is 11.4. The number of carbonyl (C=O) groups is 1. The number of benzene rings is 2. The van der Waals surface area contributed by atoms with E-state index in [1.165, 1.54) is 21.9 Å². The number of fused-ring (bicyclic) bond motifs is 2. The van der Waals surface area contributed by atoms with Crippen LogP contribution >= 0.6 is 0 Å². The van der Waals surface area contributed by atoms with Gasteiger partial charge < -0.3 is 10.1 Å². The van der Waals surface area contributed by atoms with Crippen LogP contribution in [0.2, 0.25) is 0 Å². The van der Waals surface area contributed by atoms with Gasteiger partial charge in [-0.1, -0.05) is 39.0 Å². The molecule has 0 amide bonds. The summed E-state index contributed by atoms with van der Waals surface area (Å²) in [5.41, 5.74) is 5.56. The van der Waals surface area contributed by atoms with Crippen LogP contribution in [0.5, 0.6) is 0 Å². The van der Waals surface area contributed by atoms with E-state index in [1.54, 1.807) is 0 Å². The number of carbonyl (C=O) groups excluding carboxylic acids is 1. The number of aromatic nitrogens is 1. The fourth-order valence-corrected chi connectivity index (χ4v) is 4.95. The fraction of sp³-hybridized carbons (Fsp3) is 0.400. The Labute approximate surface area is 217 Å². The van der Waals surface area contributed by atoms with Gasteiger partial charge in [-0.2, -0.15) is 0 Å². The molecule has 1 heterocycles. The molecule has 1 aromatic heterocycles. The SMILES string of the molecule is Cc1cnc(-c2[c-]cccc2)c2ccc(C(C)(C)C)cc12.O=C1CCCC2CCCC(O)=C12.[Ir]. The van der Waals surface area contributed by atoms with Gasteiger partial charge in [0, 0.05) is 44.7 Å². The molecule has 3 nitrogen and oxygen atoms in total. The Morgan fingerprint density at radius 2 is 1.76 bits per heavy atom. The Morgan fingerprint density at radius 1 is 1.03 bits per heavy atom. The minimum Gasteiger partial charge on any atom is -0.512 e. The Morgan fingerprint density at radius 3 is 2.41 bits per heavy atom. The summed E-state index contributed by atoms with van der Waals surface area (Å²) in [6.45, 7) is 8.87. The van der Waals surface area contributed by atoms with Gasteiger partial charge in [-0.25, -0.2) is 0 Å². The van der Waals surface area contributed by atoms with Gasteiger partial charge in [0.05, 0.1) is 5.76 Å². The third kappa shape index (κ3) is 5.67. The van der Waals surface area contributed by atoms with E-state index in [0.29, 0.717) is 18.1 Å². The molecular formula is C30H34IrNO2-. The van der Waals surface area contributed by atoms with Gasteiger partial charge in [0.2, 0.25) is 0 Å². The van der Waals surface area contributed by atoms with Gasteiger partial charge in [-0.15, -0.1) is 35.9 Å². The second kappa shape index (κ2) is 11.0. The number of aryl methyl sites for hydroxylation is 1. The molecule has 1 fully saturated rings. The van der Waals surface area contributed by atoms with Gasteiger partial charge in [-0.05, 0) is 71.5 Å². The number of nitrogens with zero attached hydrogens (tertiary/aromatic N) is 1. The molecule has 0 bridgehead atoms. The molecule has 2 aromatic carbocycles. The van der Waals surface area contributed by atoms with Gasteiger partial charge in [0.15, 0.2) is 5.78 Å². The number of hydrogen-bond acceptors (Lipinski definition) is 3. The quantitative estimate of drug-likeness (QED) is 0.281. The molecule has 1 N–H and O–H groups in total. The third-order valence-electron chi connectivity index (χ3n) is 6.86. The summed E-state index contributed by atoms with van der Waals surface area (Å²) in [5, 5.41) is 12.0. The van der Waals surface area contributed by atoms with Crippen LogP contribution in [0.15, 0.2) is 60.0 Å². The molecule has 0 saturated heterocycles. The van der Waals surface area contributed by atoms with Crippen molar-refractivity contribution in [2.75, 3.05) is 0 Å². The number of ketones is 1. The minimum atomic E-state index is 0. The predicted octanol–water partition coefficient (Wildman–Crippen LogP) is 7.66. The summed E-state index contributed by atoms with van der Waals surface area (Å²) in [6, 6.07) is 18.0. The van der Waals surface area contributed by atoms with Crippen LogP contribution < -0.4 is 0 Å². The van der Waals surface area contributed by atoms with Crippen LogP contribution in [0.25, 0.3) is 22.0 Å². The van der Waals surface area contributed by atoms with Crippen molar-refractivity contribution in [2.45, 2.75) is 71.6 Å². The molecule has 34 heavy (non-hydrogen) atoms. The maximum atomic E-state index is 11.4. The molecule has 1 saturated carbocycles. The summed E-state index contributed by atoms with van der Waals surface area (Å²) in [7, 11) is 0. The second-order valence-corrected chi connectivity index (χ2v) is 10.3. The molecule has 2 aliphatic carbocycles. The van der Waals surface area contributed by atoms with Gasteiger partial charge in [0.1, 0.15) is 0 Å². The third-order valence-corrected chi connectivity index (χ3v) is 6.86. The Kier molecular flexibility index (Phi) is 8.49. The minimum absolute atomic E-state index is 0. The number of aliphatic hydroxyl groups is 1. The van der Waals surface area contributed by atoms with E-state index in [9.17, 15) is 9.90 Å². The predicted molar refractivity (Wildman–Crippen MR) is 135 cm³/mol. The number of Topliss-reactive ketones (excluding diaryl/α,β-unsaturated/α-hetero) is 1. The molecule has 1 unspecified atom stereocenters. The average Bonchev–Trinajstić information content (AvgIpc) is 2.80. The molecular weight excluding hydrogens is 599 g/mol. The summed E-state index contributed by atoms with van der Waals surface area (Å²) in [5.74, 6) is 0.972. The van der Waals surface area contributed by atoms with E-state index in [4.69, 9.17) is 0 Å². The first-order valence-electron chi connectivity index (χ1n) is 12.1. The van der Waals surface area contributed by atoms with Crippen molar-refractivity contribution in [1.82, 2.24) is 4.98 Å². The topological polar surface area (TPSA) is 50.2 Å². The largest absolute Gasteiger partial charge is 0.512 e. The monoisotopic (exact) mass is 633 g/mol. The molecule has 1 radical (unpaired) electrons. The van der Waals surface area contributed by atoms with Gasteiger partial charge >= 0.3 is 0 Å². The standard InChI is InChI=1S/C20H20N.C10H14O2.Ir/c1-14-13-21-19(15-8-6-5-7-9-15)17-11-10-16(12-18(14)17)20(2,3)4;11-8-5-1-3-7-4-2-6-9(12)10(7)8;/h5-8,10-13H,1-4H3;7,11H,1-6H2;/q-1;;. The first-order valence-corrected chi connectivity index (χ1v) is 12.1. The average molecular weight is 633 g/mol. The number of aliphatic hydroxyl groups excluding tert-OH is 1. The van der Waals surface area contributed by atoms with E-state index in [2.05, 4.69) is 63.0 Å². The summed E-state index contributed by atoms with van der Waals surface area (Å²) >= 11 is 0. The number of pyridine rings is 1. The van der Waals surface area contributed by atoms with Gasteiger partial charge in [-0.3, -0.25) is 4.79 Å². The van der Waals surface area contributed by atoms with Crippen LogP contribution in [0.3, 0.4) is 0 Å². The summed E-state index contributed by atoms with van der Waals surface area (Å²) in [4.78, 5) is 16.1. The smallest absolute Gasteiger partial charge is 0.162 e. The van der Waals surface area contributed by atoms with E-state index in [1.807, 2.05) is 24.4 Å².